The summed E-state index contributed by atoms with van der Waals surface area (Å²) in [6.07, 6.45) is 0. The van der Waals surface area contributed by atoms with Crippen molar-refractivity contribution in [3.05, 3.63) is 11.3 Å². The summed E-state index contributed by atoms with van der Waals surface area (Å²) in [4.78, 5) is 37.3. The number of fused-ring (bicyclic) bond motifs is 1. The predicted octanol–water partition coefficient (Wildman–Crippen LogP) is 2.07. The number of nitrogens with zero attached hydrogens (tertiary/aromatic N) is 1. The van der Waals surface area contributed by atoms with E-state index in [1.165, 1.54) is 23.6 Å². The summed E-state index contributed by atoms with van der Waals surface area (Å²) in [5.74, 6) is -0.418. The second-order valence-electron chi connectivity index (χ2n) is 5.54. The van der Waals surface area contributed by atoms with Crippen molar-refractivity contribution in [1.82, 2.24) is 4.90 Å². The number of esters is 1. The first-order valence-electron chi connectivity index (χ1n) is 6.78. The number of hydrogen-bond donors (Lipinski definition) is 1. The van der Waals surface area contributed by atoms with Crippen LogP contribution in [0.3, 0.4) is 0 Å². The van der Waals surface area contributed by atoms with Crippen molar-refractivity contribution in [3.63, 3.8) is 0 Å². The Morgan fingerprint density at radius 3 is 2.67 bits per heavy atom. The Morgan fingerprint density at radius 1 is 1.50 bits per heavy atom. The Bertz CT molecular complexity index is 619. The van der Waals surface area contributed by atoms with Crippen LogP contribution in [-0.4, -0.2) is 54.7 Å². The normalized spacial score (nSPS) is 26.8. The number of thioether (sulfide) groups is 2. The van der Waals surface area contributed by atoms with Gasteiger partial charge < -0.3 is 10.5 Å². The topological polar surface area (TPSA) is 89.7 Å². The number of hydrogen-bond acceptors (Lipinski definition) is 7. The molecule has 2 atom stereocenters. The van der Waals surface area contributed by atoms with Gasteiger partial charge in [-0.05, 0) is 12.5 Å². The number of β-lactam (4-membered cyclic amide) rings is 1. The summed E-state index contributed by atoms with van der Waals surface area (Å²) >= 11 is 19.3. The van der Waals surface area contributed by atoms with Crippen molar-refractivity contribution >= 4 is 75.3 Å². The highest BCUT2D eigenvalue weighted by Crippen LogP contribution is 2.45. The minimum Gasteiger partial charge on any atom is -0.456 e. The number of carbonyl (C=O) groups is 3. The third kappa shape index (κ3) is 4.16. The summed E-state index contributed by atoms with van der Waals surface area (Å²) in [5.41, 5.74) is 5.64. The van der Waals surface area contributed by atoms with E-state index in [9.17, 15) is 14.4 Å². The van der Waals surface area contributed by atoms with Crippen molar-refractivity contribution in [2.75, 3.05) is 18.1 Å². The smallest absolute Gasteiger partial charge is 0.355 e. The van der Waals surface area contributed by atoms with E-state index in [0.29, 0.717) is 11.3 Å². The van der Waals surface area contributed by atoms with E-state index in [1.54, 1.807) is 6.92 Å². The summed E-state index contributed by atoms with van der Waals surface area (Å²) in [6.45, 7) is 2.59. The molecular formula is C13H15Cl3N2O4S2. The van der Waals surface area contributed by atoms with Crippen LogP contribution in [0.15, 0.2) is 11.3 Å². The average Bonchev–Trinajstić information content (AvgIpc) is 2.48. The maximum Gasteiger partial charge on any atom is 0.355 e. The monoisotopic (exact) mass is 432 g/mol. The van der Waals surface area contributed by atoms with Crippen molar-refractivity contribution in [1.29, 1.82) is 0 Å². The van der Waals surface area contributed by atoms with Gasteiger partial charge in [-0.25, -0.2) is 4.79 Å². The maximum atomic E-state index is 12.5. The summed E-state index contributed by atoms with van der Waals surface area (Å²) in [6, 6.07) is 0. The van der Waals surface area contributed by atoms with Crippen LogP contribution in [0, 0.1) is 0 Å². The summed E-state index contributed by atoms with van der Waals surface area (Å²) in [5, 5.41) is -0.464. The lowest BCUT2D eigenvalue weighted by molar-refractivity contribution is -0.155. The number of alkyl halides is 3. The van der Waals surface area contributed by atoms with Crippen molar-refractivity contribution < 1.29 is 19.1 Å². The molecule has 1 amide bonds. The number of amides is 1. The Kier molecular flexibility index (Phi) is 6.10. The molecule has 2 heterocycles. The van der Waals surface area contributed by atoms with Gasteiger partial charge >= 0.3 is 5.97 Å². The van der Waals surface area contributed by atoms with Gasteiger partial charge in [0.05, 0.1) is 0 Å². The van der Waals surface area contributed by atoms with Gasteiger partial charge in [-0.3, -0.25) is 14.5 Å². The Hall–Kier alpha value is -0.120. The van der Waals surface area contributed by atoms with Gasteiger partial charge in [0.15, 0.2) is 5.12 Å². The van der Waals surface area contributed by atoms with Gasteiger partial charge in [0, 0.05) is 18.4 Å². The van der Waals surface area contributed by atoms with Crippen molar-refractivity contribution in [2.24, 2.45) is 5.73 Å². The Balaban J connectivity index is 2.27. The molecule has 0 spiro atoms. The molecule has 24 heavy (non-hydrogen) atoms. The highest BCUT2D eigenvalue weighted by atomic mass is 35.6. The molecule has 0 aromatic carbocycles. The molecule has 6 nitrogen and oxygen atoms in total. The van der Waals surface area contributed by atoms with Crippen LogP contribution in [0.25, 0.3) is 0 Å². The fraction of sp³-hybridized carbons (Fsp3) is 0.615. The van der Waals surface area contributed by atoms with Crippen LogP contribution in [0.1, 0.15) is 13.8 Å². The molecule has 0 unspecified atom stereocenters. The van der Waals surface area contributed by atoms with Gasteiger partial charge in [0.25, 0.3) is 5.91 Å². The molecule has 1 saturated heterocycles. The maximum absolute atomic E-state index is 12.5. The molecule has 1 fully saturated rings. The van der Waals surface area contributed by atoms with Gasteiger partial charge in [-0.15, -0.1) is 11.8 Å². The molecule has 2 rings (SSSR count). The molecule has 2 aliphatic rings. The van der Waals surface area contributed by atoms with E-state index in [2.05, 4.69) is 0 Å². The average molecular weight is 434 g/mol. The molecule has 0 aliphatic carbocycles. The SMILES string of the molecule is CC(=O)SCC1=C(C(=O)OCC(Cl)(Cl)Cl)N2C(=O)[C@](C)(N)[C@H]2SC1. The summed E-state index contributed by atoms with van der Waals surface area (Å²) < 4.78 is 3.27. The highest BCUT2D eigenvalue weighted by molar-refractivity contribution is 8.13. The van der Waals surface area contributed by atoms with Gasteiger partial charge in [-0.1, -0.05) is 46.6 Å². The molecule has 0 aromatic rings. The van der Waals surface area contributed by atoms with Crippen LogP contribution in [0.5, 0.6) is 0 Å². The van der Waals surface area contributed by atoms with E-state index in [1.807, 2.05) is 0 Å². The van der Waals surface area contributed by atoms with E-state index in [-0.39, 0.29) is 27.8 Å². The van der Waals surface area contributed by atoms with Crippen LogP contribution >= 0.6 is 58.3 Å². The number of rotatable bonds is 4. The molecule has 134 valence electrons. The van der Waals surface area contributed by atoms with Crippen LogP contribution in [0.2, 0.25) is 0 Å². The zero-order valence-electron chi connectivity index (χ0n) is 12.8. The van der Waals surface area contributed by atoms with E-state index < -0.39 is 21.9 Å². The first kappa shape index (κ1) is 20.2. The second kappa shape index (κ2) is 7.25. The first-order chi connectivity index (χ1) is 10.9. The fourth-order valence-corrected chi connectivity index (χ4v) is 4.62. The van der Waals surface area contributed by atoms with Gasteiger partial charge in [0.2, 0.25) is 3.79 Å². The molecule has 0 aromatic heterocycles. The van der Waals surface area contributed by atoms with Crippen LogP contribution in [-0.2, 0) is 19.1 Å². The molecular weight excluding hydrogens is 419 g/mol. The summed E-state index contributed by atoms with van der Waals surface area (Å²) in [7, 11) is 0. The van der Waals surface area contributed by atoms with Crippen molar-refractivity contribution in [3.8, 4) is 0 Å². The molecule has 2 aliphatic heterocycles. The minimum absolute atomic E-state index is 0.0923. The van der Waals surface area contributed by atoms with E-state index >= 15 is 0 Å². The van der Waals surface area contributed by atoms with E-state index in [4.69, 9.17) is 45.3 Å². The minimum atomic E-state index is -1.76. The van der Waals surface area contributed by atoms with E-state index in [0.717, 1.165) is 11.8 Å². The zero-order chi connectivity index (χ0) is 18.3. The Labute approximate surface area is 162 Å². The largest absolute Gasteiger partial charge is 0.456 e. The zero-order valence-corrected chi connectivity index (χ0v) is 16.7. The third-order valence-corrected chi connectivity index (χ3v) is 6.19. The molecule has 0 bridgehead atoms. The van der Waals surface area contributed by atoms with Crippen LogP contribution < -0.4 is 5.73 Å². The third-order valence-electron chi connectivity index (χ3n) is 3.43. The Morgan fingerprint density at radius 2 is 2.12 bits per heavy atom. The highest BCUT2D eigenvalue weighted by Gasteiger charge is 2.60. The quantitative estimate of drug-likeness (QED) is 0.412. The first-order valence-corrected chi connectivity index (χ1v) is 9.95. The van der Waals surface area contributed by atoms with Gasteiger partial charge in [0.1, 0.15) is 23.2 Å². The predicted molar refractivity (Wildman–Crippen MR) is 97.1 cm³/mol. The molecule has 0 saturated carbocycles. The number of ether oxygens (including phenoxy) is 1. The number of nitrogens with two attached hydrogens (primary N) is 1. The molecule has 2 N–H and O–H groups in total. The second-order valence-corrected chi connectivity index (χ2v) is 10.3. The number of carbonyl (C=O) groups excluding carboxylic acids is 3. The fourth-order valence-electron chi connectivity index (χ4n) is 2.32. The lowest BCUT2D eigenvalue weighted by Gasteiger charge is -2.54. The lowest BCUT2D eigenvalue weighted by atomic mass is 9.90. The lowest BCUT2D eigenvalue weighted by Crippen LogP contribution is -2.76. The van der Waals surface area contributed by atoms with Crippen LogP contribution in [0.4, 0.5) is 0 Å². The molecule has 0 radical (unpaired) electrons. The van der Waals surface area contributed by atoms with Crippen molar-refractivity contribution in [2.45, 2.75) is 28.6 Å². The standard InChI is InChI=1S/C13H15Cl3N2O4S2/c1-6(19)23-3-7-4-24-11-12(2,17)10(21)18(11)8(7)9(20)22-5-13(14,15)16/h11H,3-5,17H2,1-2H3/t11-,12+/m1/s1. The number of halogens is 3. The molecule has 11 heteroatoms. The van der Waals surface area contributed by atoms with Gasteiger partial charge in [-0.2, -0.15) is 0 Å².